The van der Waals surface area contributed by atoms with E-state index in [0.717, 1.165) is 23.5 Å². The molecule has 10 nitrogen and oxygen atoms in total. The summed E-state index contributed by atoms with van der Waals surface area (Å²) < 4.78 is 124. The van der Waals surface area contributed by atoms with Gasteiger partial charge in [-0.1, -0.05) is 52.0 Å². The van der Waals surface area contributed by atoms with Crippen molar-refractivity contribution in [2.24, 2.45) is 0 Å². The lowest BCUT2D eigenvalue weighted by Gasteiger charge is -2.42. The summed E-state index contributed by atoms with van der Waals surface area (Å²) in [5, 5.41) is 19.3. The Kier molecular flexibility index (Phi) is 13.8. The van der Waals surface area contributed by atoms with Crippen LogP contribution >= 0.6 is 0 Å². The Bertz CT molecular complexity index is 2250. The molecule has 1 fully saturated rings. The average molecular weight is 881 g/mol. The van der Waals surface area contributed by atoms with E-state index >= 15 is 0 Å². The number of aliphatic hydroxyl groups is 1. The molecule has 1 saturated heterocycles. The van der Waals surface area contributed by atoms with E-state index in [1.54, 1.807) is 38.1 Å². The number of nitrogens with zero attached hydrogens (tertiary/aromatic N) is 1. The number of carbonyl (C=O) groups excluding carboxylic acids is 2. The van der Waals surface area contributed by atoms with Crippen molar-refractivity contribution in [2.75, 3.05) is 61.3 Å². The first-order valence-corrected chi connectivity index (χ1v) is 19.3. The molecule has 0 radical (unpaired) electrons. The number of nitrogens with one attached hydrogen (secondary N) is 3. The number of halogens is 8. The Hall–Kier alpha value is -5.62. The van der Waals surface area contributed by atoms with Gasteiger partial charge in [0.2, 0.25) is 11.8 Å². The van der Waals surface area contributed by atoms with Crippen molar-refractivity contribution < 1.29 is 64.0 Å². The Morgan fingerprint density at radius 3 is 1.74 bits per heavy atom. The van der Waals surface area contributed by atoms with Gasteiger partial charge in [0.1, 0.15) is 23.1 Å². The number of epoxide rings is 1. The molecule has 7 rings (SSSR count). The van der Waals surface area contributed by atoms with E-state index in [9.17, 15) is 49.8 Å². The SMILES string of the molecule is COc1ccc(F)cc1C(C)(C)CC(O)(CN1CC(=O)Nc2ccccc21)C(F)(F)F.COc1ccc(F)cc1C(C)(C)CC1(C(F)(F)F)CO1.O=C1CNc2ccccc2N1. The number of alkyl halides is 6. The number of hydrogen-bond acceptors (Lipinski definition) is 8. The van der Waals surface area contributed by atoms with Crippen LogP contribution in [0.15, 0.2) is 84.9 Å². The predicted octanol–water partition coefficient (Wildman–Crippen LogP) is 9.14. The quantitative estimate of drug-likeness (QED) is 0.0919. The number of hydrogen-bond donors (Lipinski definition) is 4. The minimum Gasteiger partial charge on any atom is -0.496 e. The van der Waals surface area contributed by atoms with E-state index in [4.69, 9.17) is 9.47 Å². The van der Waals surface area contributed by atoms with Crippen LogP contribution in [0.4, 0.5) is 57.9 Å². The summed E-state index contributed by atoms with van der Waals surface area (Å²) in [6.45, 7) is 5.05. The number of carbonyl (C=O) groups is 2. The molecule has 4 N–H and O–H groups in total. The van der Waals surface area contributed by atoms with E-state index in [-0.39, 0.29) is 36.8 Å². The molecule has 336 valence electrons. The van der Waals surface area contributed by atoms with Crippen LogP contribution in [-0.4, -0.2) is 80.9 Å². The van der Waals surface area contributed by atoms with Crippen LogP contribution in [-0.2, 0) is 25.2 Å². The van der Waals surface area contributed by atoms with Gasteiger partial charge in [-0.25, -0.2) is 8.78 Å². The van der Waals surface area contributed by atoms with Crippen LogP contribution in [0.1, 0.15) is 51.7 Å². The molecule has 2 amide bonds. The van der Waals surface area contributed by atoms with Crippen LogP contribution in [0, 0.1) is 11.6 Å². The summed E-state index contributed by atoms with van der Waals surface area (Å²) in [5.74, 6) is -1.00. The summed E-state index contributed by atoms with van der Waals surface area (Å²) in [5.41, 5.74) is -4.33. The zero-order chi connectivity index (χ0) is 45.9. The van der Waals surface area contributed by atoms with Gasteiger partial charge >= 0.3 is 12.4 Å². The van der Waals surface area contributed by atoms with E-state index in [1.807, 2.05) is 24.3 Å². The van der Waals surface area contributed by atoms with Crippen LogP contribution < -0.4 is 30.3 Å². The van der Waals surface area contributed by atoms with Crippen LogP contribution in [0.5, 0.6) is 11.5 Å². The minimum absolute atomic E-state index is 0.0173. The molecular formula is C44H48F8N4O6. The zero-order valence-corrected chi connectivity index (χ0v) is 34.8. The number of benzene rings is 4. The highest BCUT2D eigenvalue weighted by Crippen LogP contribution is 2.52. The molecule has 3 heterocycles. The number of methoxy groups -OCH3 is 2. The number of rotatable bonds is 10. The molecule has 0 aromatic heterocycles. The van der Waals surface area contributed by atoms with Gasteiger partial charge in [0, 0.05) is 11.1 Å². The van der Waals surface area contributed by atoms with Gasteiger partial charge in [-0.3, -0.25) is 9.59 Å². The fraction of sp³-hybridized carbons (Fsp3) is 0.409. The summed E-state index contributed by atoms with van der Waals surface area (Å²) >= 11 is 0. The standard InChI is InChI=1S/C22H24F4N2O3.C14H16F4O2.C8H8N2O/c1-20(2,15-10-14(23)8-9-18(15)31-3)12-21(30,22(24,25)26)13-28-11-19(29)27-16-6-4-5-7-17(16)28;1-12(2,7-13(8-20-13)14(16,17)18)10-6-9(15)4-5-11(10)19-3;11-8-5-9-6-3-1-2-4-7(6)10-8/h4-10,30H,11-13H2,1-3H3,(H,27,29);4-6H,7-8H2,1-3H3;1-4,9H,5H2,(H,10,11). The number of ether oxygens (including phenoxy) is 3. The number of amides is 2. The van der Waals surface area contributed by atoms with Gasteiger partial charge in [-0.2, -0.15) is 26.3 Å². The molecule has 18 heteroatoms. The number of β-amino-alcohol motifs (C(OH)–C–C–N with tert-alkyl or cyclic N) is 1. The average Bonchev–Trinajstić information content (AvgIpc) is 3.98. The molecule has 0 saturated carbocycles. The van der Waals surface area contributed by atoms with Crippen molar-refractivity contribution >= 4 is 34.6 Å². The molecule has 4 aromatic carbocycles. The van der Waals surface area contributed by atoms with E-state index in [2.05, 4.69) is 20.7 Å². The molecule has 3 aliphatic heterocycles. The third kappa shape index (κ3) is 10.9. The largest absolute Gasteiger partial charge is 0.496 e. The maximum Gasteiger partial charge on any atom is 0.419 e. The van der Waals surface area contributed by atoms with Crippen LogP contribution in [0.25, 0.3) is 0 Å². The van der Waals surface area contributed by atoms with Gasteiger partial charge in [0.25, 0.3) is 0 Å². The smallest absolute Gasteiger partial charge is 0.419 e. The summed E-state index contributed by atoms with van der Waals surface area (Å²) in [6.07, 6.45) is -10.5. The molecule has 2 atom stereocenters. The Morgan fingerprint density at radius 2 is 1.23 bits per heavy atom. The van der Waals surface area contributed by atoms with Gasteiger partial charge in [-0.15, -0.1) is 0 Å². The zero-order valence-electron chi connectivity index (χ0n) is 34.8. The van der Waals surface area contributed by atoms with E-state index < -0.39 is 64.9 Å². The van der Waals surface area contributed by atoms with E-state index in [1.165, 1.54) is 57.2 Å². The van der Waals surface area contributed by atoms with Crippen LogP contribution in [0.2, 0.25) is 0 Å². The summed E-state index contributed by atoms with van der Waals surface area (Å²) in [7, 11) is 2.74. The van der Waals surface area contributed by atoms with Gasteiger partial charge < -0.3 is 40.2 Å². The fourth-order valence-electron chi connectivity index (χ4n) is 7.63. The highest BCUT2D eigenvalue weighted by Gasteiger charge is 2.67. The lowest BCUT2D eigenvalue weighted by Crippen LogP contribution is -2.58. The Labute approximate surface area is 353 Å². The number of fused-ring (bicyclic) bond motifs is 2. The van der Waals surface area contributed by atoms with Crippen molar-refractivity contribution in [3.05, 3.63) is 108 Å². The molecule has 0 spiro atoms. The molecule has 62 heavy (non-hydrogen) atoms. The lowest BCUT2D eigenvalue weighted by molar-refractivity contribution is -0.262. The lowest BCUT2D eigenvalue weighted by atomic mass is 9.74. The molecule has 0 bridgehead atoms. The summed E-state index contributed by atoms with van der Waals surface area (Å²) in [4.78, 5) is 24.1. The topological polar surface area (TPSA) is 125 Å². The molecule has 0 aliphatic carbocycles. The second-order valence-corrected chi connectivity index (χ2v) is 16.5. The maximum absolute atomic E-state index is 14.2. The highest BCUT2D eigenvalue weighted by molar-refractivity contribution is 6.01. The first-order valence-electron chi connectivity index (χ1n) is 19.3. The normalized spacial score (nSPS) is 18.1. The Balaban J connectivity index is 0.000000198. The molecule has 4 aromatic rings. The van der Waals surface area contributed by atoms with E-state index in [0.29, 0.717) is 29.2 Å². The highest BCUT2D eigenvalue weighted by atomic mass is 19.4. The maximum atomic E-state index is 14.2. The first-order chi connectivity index (χ1) is 28.8. The summed E-state index contributed by atoms with van der Waals surface area (Å²) in [6, 6.07) is 21.5. The minimum atomic E-state index is -5.01. The molecule has 2 unspecified atom stereocenters. The molecule has 3 aliphatic rings. The van der Waals surface area contributed by atoms with Gasteiger partial charge in [0.05, 0.1) is 63.2 Å². The van der Waals surface area contributed by atoms with Crippen molar-refractivity contribution in [3.63, 3.8) is 0 Å². The third-order valence-electron chi connectivity index (χ3n) is 10.7. The van der Waals surface area contributed by atoms with Crippen molar-refractivity contribution in [1.29, 1.82) is 0 Å². The van der Waals surface area contributed by atoms with Crippen LogP contribution in [0.3, 0.4) is 0 Å². The first kappa shape index (κ1) is 47.4. The van der Waals surface area contributed by atoms with Crippen molar-refractivity contribution in [1.82, 2.24) is 0 Å². The second kappa shape index (κ2) is 18.0. The fourth-order valence-corrected chi connectivity index (χ4v) is 7.63. The molecular weight excluding hydrogens is 832 g/mol. The second-order valence-electron chi connectivity index (χ2n) is 16.5. The Morgan fingerprint density at radius 1 is 0.726 bits per heavy atom. The van der Waals surface area contributed by atoms with Crippen molar-refractivity contribution in [3.8, 4) is 11.5 Å². The van der Waals surface area contributed by atoms with Crippen molar-refractivity contribution in [2.45, 2.75) is 74.9 Å². The predicted molar refractivity (Wildman–Crippen MR) is 218 cm³/mol. The van der Waals surface area contributed by atoms with Gasteiger partial charge in [-0.05, 0) is 84.3 Å². The van der Waals surface area contributed by atoms with Gasteiger partial charge in [0.15, 0.2) is 11.2 Å². The third-order valence-corrected chi connectivity index (χ3v) is 10.7. The monoisotopic (exact) mass is 880 g/mol. The number of para-hydroxylation sites is 4. The number of anilines is 4.